The van der Waals surface area contributed by atoms with Crippen LogP contribution in [0.1, 0.15) is 22.0 Å². The van der Waals surface area contributed by atoms with Crippen molar-refractivity contribution >= 4 is 17.5 Å². The van der Waals surface area contributed by atoms with E-state index >= 15 is 0 Å². The van der Waals surface area contributed by atoms with E-state index < -0.39 is 6.10 Å². The molecule has 1 atom stereocenters. The third-order valence-electron chi connectivity index (χ3n) is 3.65. The molecule has 1 unspecified atom stereocenters. The van der Waals surface area contributed by atoms with E-state index in [0.717, 1.165) is 0 Å². The topological polar surface area (TPSA) is 77.0 Å². The summed E-state index contributed by atoms with van der Waals surface area (Å²) in [5.41, 5.74) is 0.894. The van der Waals surface area contributed by atoms with Gasteiger partial charge in [0.05, 0.1) is 33.0 Å². The van der Waals surface area contributed by atoms with Crippen LogP contribution in [0.25, 0.3) is 0 Å². The van der Waals surface area contributed by atoms with Crippen LogP contribution in [0.3, 0.4) is 0 Å². The molecule has 25 heavy (non-hydrogen) atoms. The summed E-state index contributed by atoms with van der Waals surface area (Å²) in [6.07, 6.45) is -0.908. The van der Waals surface area contributed by atoms with Gasteiger partial charge in [0, 0.05) is 11.6 Å². The Morgan fingerprint density at radius 3 is 2.32 bits per heavy atom. The number of benzene rings is 2. The molecule has 0 spiro atoms. The van der Waals surface area contributed by atoms with Crippen molar-refractivity contribution in [3.63, 3.8) is 0 Å². The van der Waals surface area contributed by atoms with Gasteiger partial charge in [0.15, 0.2) is 11.5 Å². The number of ether oxygens (including phenoxy) is 3. The molecule has 0 bridgehead atoms. The van der Waals surface area contributed by atoms with E-state index in [1.165, 1.54) is 27.4 Å². The van der Waals surface area contributed by atoms with Crippen molar-refractivity contribution < 1.29 is 24.1 Å². The molecule has 0 radical (unpaired) electrons. The smallest absolute Gasteiger partial charge is 0.255 e. The van der Waals surface area contributed by atoms with Crippen molar-refractivity contribution in [1.29, 1.82) is 0 Å². The molecule has 7 heteroatoms. The van der Waals surface area contributed by atoms with E-state index in [1.807, 2.05) is 0 Å². The Hall–Kier alpha value is -2.44. The molecule has 0 saturated heterocycles. The summed E-state index contributed by atoms with van der Waals surface area (Å²) < 4.78 is 15.5. The molecular weight excluding hydrogens is 346 g/mol. The van der Waals surface area contributed by atoms with Gasteiger partial charge in [-0.15, -0.1) is 0 Å². The lowest BCUT2D eigenvalue weighted by molar-refractivity contribution is 0.0913. The standard InChI is InChI=1S/C18H20ClNO5/c1-23-15-7-5-12(19)9-13(15)18(22)20-10-14(21)11-4-6-16(24-2)17(8-11)25-3/h4-9,14,21H,10H2,1-3H3,(H,20,22). The monoisotopic (exact) mass is 365 g/mol. The van der Waals surface area contributed by atoms with Crippen molar-refractivity contribution in [2.75, 3.05) is 27.9 Å². The summed E-state index contributed by atoms with van der Waals surface area (Å²) >= 11 is 5.93. The molecule has 0 aromatic heterocycles. The van der Waals surface area contributed by atoms with E-state index in [2.05, 4.69) is 5.32 Å². The first-order valence-electron chi connectivity index (χ1n) is 7.51. The van der Waals surface area contributed by atoms with Crippen LogP contribution in [0.5, 0.6) is 17.2 Å². The Kier molecular flexibility index (Phi) is 6.50. The van der Waals surface area contributed by atoms with Gasteiger partial charge in [-0.05, 0) is 35.9 Å². The summed E-state index contributed by atoms with van der Waals surface area (Å²) in [6, 6.07) is 9.82. The lowest BCUT2D eigenvalue weighted by Gasteiger charge is -2.15. The highest BCUT2D eigenvalue weighted by molar-refractivity contribution is 6.31. The molecule has 134 valence electrons. The maximum Gasteiger partial charge on any atom is 0.255 e. The Morgan fingerprint density at radius 1 is 1.04 bits per heavy atom. The molecule has 0 heterocycles. The summed E-state index contributed by atoms with van der Waals surface area (Å²) in [6.45, 7) is 0.0178. The lowest BCUT2D eigenvalue weighted by Crippen LogP contribution is -2.28. The Labute approximate surface area is 151 Å². The van der Waals surface area contributed by atoms with Gasteiger partial charge in [0.2, 0.25) is 0 Å². The Bertz CT molecular complexity index is 750. The highest BCUT2D eigenvalue weighted by atomic mass is 35.5. The molecule has 2 aromatic carbocycles. The number of nitrogens with one attached hydrogen (secondary N) is 1. The fourth-order valence-electron chi connectivity index (χ4n) is 2.32. The van der Waals surface area contributed by atoms with E-state index in [9.17, 15) is 9.90 Å². The zero-order valence-corrected chi connectivity index (χ0v) is 15.0. The third kappa shape index (κ3) is 4.55. The normalized spacial score (nSPS) is 11.6. The van der Waals surface area contributed by atoms with Crippen molar-refractivity contribution in [1.82, 2.24) is 5.32 Å². The second-order valence-electron chi connectivity index (χ2n) is 5.18. The maximum atomic E-state index is 12.3. The fraction of sp³-hybridized carbons (Fsp3) is 0.278. The van der Waals surface area contributed by atoms with E-state index in [4.69, 9.17) is 25.8 Å². The molecule has 2 rings (SSSR count). The van der Waals surface area contributed by atoms with Crippen LogP contribution in [0.2, 0.25) is 5.02 Å². The number of methoxy groups -OCH3 is 3. The van der Waals surface area contributed by atoms with Gasteiger partial charge in [-0.3, -0.25) is 4.79 Å². The van der Waals surface area contributed by atoms with Gasteiger partial charge in [-0.1, -0.05) is 17.7 Å². The summed E-state index contributed by atoms with van der Waals surface area (Å²) in [5.74, 6) is 1.08. The summed E-state index contributed by atoms with van der Waals surface area (Å²) in [5, 5.41) is 13.4. The molecule has 0 aliphatic carbocycles. The molecule has 0 fully saturated rings. The average Bonchev–Trinajstić information content (AvgIpc) is 2.65. The summed E-state index contributed by atoms with van der Waals surface area (Å²) in [4.78, 5) is 12.3. The van der Waals surface area contributed by atoms with Crippen LogP contribution in [0.4, 0.5) is 0 Å². The number of carbonyl (C=O) groups excluding carboxylic acids is 1. The average molecular weight is 366 g/mol. The first kappa shape index (κ1) is 18.9. The van der Waals surface area contributed by atoms with Crippen molar-refractivity contribution in [2.24, 2.45) is 0 Å². The zero-order chi connectivity index (χ0) is 18.4. The van der Waals surface area contributed by atoms with Crippen molar-refractivity contribution in [3.8, 4) is 17.2 Å². The second kappa shape index (κ2) is 8.60. The lowest BCUT2D eigenvalue weighted by atomic mass is 10.1. The Morgan fingerprint density at radius 2 is 1.68 bits per heavy atom. The number of aliphatic hydroxyl groups is 1. The molecule has 1 amide bonds. The van der Waals surface area contributed by atoms with Crippen molar-refractivity contribution in [2.45, 2.75) is 6.10 Å². The second-order valence-corrected chi connectivity index (χ2v) is 5.62. The molecule has 0 aliphatic heterocycles. The third-order valence-corrected chi connectivity index (χ3v) is 3.89. The molecule has 6 nitrogen and oxygen atoms in total. The number of rotatable bonds is 7. The largest absolute Gasteiger partial charge is 0.496 e. The number of hydrogen-bond donors (Lipinski definition) is 2. The molecular formula is C18H20ClNO5. The predicted molar refractivity (Wildman–Crippen MR) is 94.8 cm³/mol. The van der Waals surface area contributed by atoms with E-state index in [0.29, 0.717) is 33.4 Å². The van der Waals surface area contributed by atoms with Crippen molar-refractivity contribution in [3.05, 3.63) is 52.5 Å². The van der Waals surface area contributed by atoms with Gasteiger partial charge in [0.1, 0.15) is 5.75 Å². The van der Waals surface area contributed by atoms with Gasteiger partial charge in [0.25, 0.3) is 5.91 Å². The SMILES string of the molecule is COc1ccc(C(O)CNC(=O)c2cc(Cl)ccc2OC)cc1OC. The van der Waals surface area contributed by atoms with E-state index in [1.54, 1.807) is 30.3 Å². The number of amides is 1. The number of hydrogen-bond acceptors (Lipinski definition) is 5. The predicted octanol–water partition coefficient (Wildman–Crippen LogP) is 2.83. The van der Waals surface area contributed by atoms with Crippen LogP contribution in [0, 0.1) is 0 Å². The molecule has 0 saturated carbocycles. The molecule has 2 N–H and O–H groups in total. The van der Waals surface area contributed by atoms with Gasteiger partial charge < -0.3 is 24.6 Å². The Balaban J connectivity index is 2.08. The van der Waals surface area contributed by atoms with Crippen LogP contribution >= 0.6 is 11.6 Å². The molecule has 2 aromatic rings. The minimum atomic E-state index is -0.908. The van der Waals surface area contributed by atoms with Gasteiger partial charge >= 0.3 is 0 Å². The number of halogens is 1. The van der Waals surface area contributed by atoms with Crippen LogP contribution in [-0.4, -0.2) is 38.9 Å². The van der Waals surface area contributed by atoms with Crippen LogP contribution < -0.4 is 19.5 Å². The number of aliphatic hydroxyl groups excluding tert-OH is 1. The zero-order valence-electron chi connectivity index (χ0n) is 14.2. The highest BCUT2D eigenvalue weighted by Gasteiger charge is 2.16. The fourth-order valence-corrected chi connectivity index (χ4v) is 2.49. The van der Waals surface area contributed by atoms with Crippen LogP contribution in [-0.2, 0) is 0 Å². The minimum absolute atomic E-state index is 0.0178. The van der Waals surface area contributed by atoms with E-state index in [-0.39, 0.29) is 12.5 Å². The first-order chi connectivity index (χ1) is 12.0. The number of carbonyl (C=O) groups is 1. The van der Waals surface area contributed by atoms with Crippen LogP contribution in [0.15, 0.2) is 36.4 Å². The quantitative estimate of drug-likeness (QED) is 0.789. The van der Waals surface area contributed by atoms with Gasteiger partial charge in [-0.2, -0.15) is 0 Å². The minimum Gasteiger partial charge on any atom is -0.496 e. The highest BCUT2D eigenvalue weighted by Crippen LogP contribution is 2.30. The molecule has 0 aliphatic rings. The van der Waals surface area contributed by atoms with Gasteiger partial charge in [-0.25, -0.2) is 0 Å². The first-order valence-corrected chi connectivity index (χ1v) is 7.89. The maximum absolute atomic E-state index is 12.3. The summed E-state index contributed by atoms with van der Waals surface area (Å²) in [7, 11) is 4.52.